The smallest absolute Gasteiger partial charge is 0.0524 e. The fourth-order valence-electron chi connectivity index (χ4n) is 1.49. The molecule has 1 fully saturated rings. The average molecular weight is 152 g/mol. The van der Waals surface area contributed by atoms with Gasteiger partial charge in [-0.15, -0.1) is 0 Å². The predicted octanol–water partition coefficient (Wildman–Crippen LogP) is 0.516. The van der Waals surface area contributed by atoms with Gasteiger partial charge in [-0.25, -0.2) is 0 Å². The maximum Gasteiger partial charge on any atom is 0.0524 e. The third-order valence-corrected chi connectivity index (χ3v) is 2.31. The van der Waals surface area contributed by atoms with E-state index in [0.29, 0.717) is 18.4 Å². The number of aliphatic hydroxyl groups excluding tert-OH is 1. The summed E-state index contributed by atoms with van der Waals surface area (Å²) in [6.07, 6.45) is 5.04. The summed E-state index contributed by atoms with van der Waals surface area (Å²) in [6, 6.07) is 0. The van der Waals surface area contributed by atoms with Gasteiger partial charge in [0.1, 0.15) is 0 Å². The van der Waals surface area contributed by atoms with Crippen LogP contribution in [0.25, 0.3) is 0 Å². The maximum absolute atomic E-state index is 8.82. The summed E-state index contributed by atoms with van der Waals surface area (Å²) in [5.74, 6) is 1.08. The van der Waals surface area contributed by atoms with Gasteiger partial charge in [0.25, 0.3) is 0 Å². The van der Waals surface area contributed by atoms with Crippen LogP contribution in [0.5, 0.6) is 0 Å². The van der Waals surface area contributed by atoms with E-state index < -0.39 is 0 Å². The number of hydrogen-bond acceptors (Lipinski definition) is 2. The molecule has 0 unspecified atom stereocenters. The molecule has 0 aliphatic heterocycles. The first-order valence-corrected chi connectivity index (χ1v) is 3.90. The zero-order chi connectivity index (χ0) is 7.84. The van der Waals surface area contributed by atoms with E-state index in [1.165, 1.54) is 5.56 Å². The van der Waals surface area contributed by atoms with E-state index in [9.17, 15) is 0 Å². The third kappa shape index (κ3) is 1.16. The summed E-state index contributed by atoms with van der Waals surface area (Å²) in [7, 11) is 1.92. The van der Waals surface area contributed by atoms with Crippen molar-refractivity contribution in [1.29, 1.82) is 0 Å². The van der Waals surface area contributed by atoms with Crippen LogP contribution in [0.4, 0.5) is 0 Å². The van der Waals surface area contributed by atoms with Gasteiger partial charge in [0.2, 0.25) is 0 Å². The minimum absolute atomic E-state index is 0.319. The Morgan fingerprint density at radius 1 is 1.82 bits per heavy atom. The van der Waals surface area contributed by atoms with Crippen LogP contribution in [0.2, 0.25) is 0 Å². The molecule has 0 bridgehead atoms. The Hall–Kier alpha value is -0.830. The van der Waals surface area contributed by atoms with Gasteiger partial charge in [0, 0.05) is 19.9 Å². The van der Waals surface area contributed by atoms with Crippen LogP contribution in [0.15, 0.2) is 12.4 Å². The minimum atomic E-state index is 0.319. The molecule has 1 aromatic heterocycles. The van der Waals surface area contributed by atoms with Crippen LogP contribution in [0, 0.1) is 5.92 Å². The number of aromatic nitrogens is 2. The van der Waals surface area contributed by atoms with Gasteiger partial charge in [-0.3, -0.25) is 4.68 Å². The van der Waals surface area contributed by atoms with E-state index in [1.807, 2.05) is 24.1 Å². The molecule has 11 heavy (non-hydrogen) atoms. The van der Waals surface area contributed by atoms with Crippen molar-refractivity contribution in [3.05, 3.63) is 18.0 Å². The van der Waals surface area contributed by atoms with Gasteiger partial charge in [0.15, 0.2) is 0 Å². The molecule has 1 aromatic rings. The van der Waals surface area contributed by atoms with Crippen molar-refractivity contribution >= 4 is 0 Å². The van der Waals surface area contributed by atoms with E-state index in [1.54, 1.807) is 0 Å². The second kappa shape index (κ2) is 2.34. The van der Waals surface area contributed by atoms with Crippen molar-refractivity contribution in [1.82, 2.24) is 9.78 Å². The number of aryl methyl sites for hydroxylation is 1. The average Bonchev–Trinajstić information content (AvgIpc) is 2.68. The monoisotopic (exact) mass is 152 g/mol. The molecule has 0 aromatic carbocycles. The van der Waals surface area contributed by atoms with E-state index in [0.717, 1.165) is 6.42 Å². The van der Waals surface area contributed by atoms with Crippen molar-refractivity contribution in [3.8, 4) is 0 Å². The van der Waals surface area contributed by atoms with Crippen molar-refractivity contribution in [2.75, 3.05) is 6.61 Å². The summed E-state index contributed by atoms with van der Waals surface area (Å²) in [6.45, 7) is 0.319. The van der Waals surface area contributed by atoms with E-state index >= 15 is 0 Å². The molecule has 0 spiro atoms. The van der Waals surface area contributed by atoms with Crippen LogP contribution in [-0.4, -0.2) is 21.5 Å². The zero-order valence-corrected chi connectivity index (χ0v) is 6.57. The lowest BCUT2D eigenvalue weighted by Crippen LogP contribution is -1.87. The second-order valence-corrected chi connectivity index (χ2v) is 3.23. The normalized spacial score (nSPS) is 28.9. The van der Waals surface area contributed by atoms with Crippen LogP contribution >= 0.6 is 0 Å². The lowest BCUT2D eigenvalue weighted by atomic mass is 10.2. The molecular weight excluding hydrogens is 140 g/mol. The van der Waals surface area contributed by atoms with E-state index in [4.69, 9.17) is 5.11 Å². The van der Waals surface area contributed by atoms with Crippen LogP contribution in [0.3, 0.4) is 0 Å². The van der Waals surface area contributed by atoms with Crippen LogP contribution in [0.1, 0.15) is 17.9 Å². The molecule has 0 radical (unpaired) electrons. The highest BCUT2D eigenvalue weighted by atomic mass is 16.3. The summed E-state index contributed by atoms with van der Waals surface area (Å²) in [5.41, 5.74) is 1.27. The Bertz CT molecular complexity index is 256. The molecule has 1 heterocycles. The van der Waals surface area contributed by atoms with Gasteiger partial charge < -0.3 is 5.11 Å². The summed E-state index contributed by atoms with van der Waals surface area (Å²) >= 11 is 0. The highest BCUT2D eigenvalue weighted by molar-refractivity contribution is 5.19. The molecule has 1 N–H and O–H groups in total. The standard InChI is InChI=1S/C8H12N2O/c1-10-4-7(3-9-10)8-2-6(8)5-11/h3-4,6,8,11H,2,5H2,1H3/t6-,8-/m0/s1. The SMILES string of the molecule is Cn1cc([C@H]2C[C@H]2CO)cn1. The molecule has 2 rings (SSSR count). The summed E-state index contributed by atoms with van der Waals surface area (Å²) in [5, 5.41) is 12.9. The Morgan fingerprint density at radius 2 is 2.64 bits per heavy atom. The first-order valence-electron chi connectivity index (χ1n) is 3.90. The molecular formula is C8H12N2O. The van der Waals surface area contributed by atoms with Gasteiger partial charge in [-0.05, 0) is 23.8 Å². The minimum Gasteiger partial charge on any atom is -0.396 e. The predicted molar refractivity (Wildman–Crippen MR) is 41.1 cm³/mol. The lowest BCUT2D eigenvalue weighted by molar-refractivity contribution is 0.274. The topological polar surface area (TPSA) is 38.0 Å². The molecule has 2 atom stereocenters. The van der Waals surface area contributed by atoms with Gasteiger partial charge >= 0.3 is 0 Å². The van der Waals surface area contributed by atoms with Crippen molar-refractivity contribution in [3.63, 3.8) is 0 Å². The van der Waals surface area contributed by atoms with Gasteiger partial charge in [0.05, 0.1) is 6.20 Å². The summed E-state index contributed by atoms with van der Waals surface area (Å²) < 4.78 is 1.81. The first kappa shape index (κ1) is 6.85. The second-order valence-electron chi connectivity index (χ2n) is 3.23. The number of hydrogen-bond donors (Lipinski definition) is 1. The van der Waals surface area contributed by atoms with E-state index in [2.05, 4.69) is 5.10 Å². The fraction of sp³-hybridized carbons (Fsp3) is 0.625. The zero-order valence-electron chi connectivity index (χ0n) is 6.57. The third-order valence-electron chi connectivity index (χ3n) is 2.31. The molecule has 3 nitrogen and oxygen atoms in total. The van der Waals surface area contributed by atoms with Crippen molar-refractivity contribution in [2.45, 2.75) is 12.3 Å². The highest BCUT2D eigenvalue weighted by Crippen LogP contribution is 2.46. The molecule has 1 aliphatic carbocycles. The number of nitrogens with zero attached hydrogens (tertiary/aromatic N) is 2. The Morgan fingerprint density at radius 3 is 3.09 bits per heavy atom. The number of aliphatic hydroxyl groups is 1. The summed E-state index contributed by atoms with van der Waals surface area (Å²) in [4.78, 5) is 0. The quantitative estimate of drug-likeness (QED) is 0.670. The first-order chi connectivity index (χ1) is 5.31. The van der Waals surface area contributed by atoms with Crippen molar-refractivity contribution in [2.24, 2.45) is 13.0 Å². The Kier molecular flexibility index (Phi) is 1.46. The molecule has 0 saturated heterocycles. The van der Waals surface area contributed by atoms with E-state index in [-0.39, 0.29) is 0 Å². The number of rotatable bonds is 2. The molecule has 3 heteroatoms. The van der Waals surface area contributed by atoms with Gasteiger partial charge in [-0.2, -0.15) is 5.10 Å². The highest BCUT2D eigenvalue weighted by Gasteiger charge is 2.38. The fourth-order valence-corrected chi connectivity index (χ4v) is 1.49. The maximum atomic E-state index is 8.82. The molecule has 60 valence electrons. The molecule has 1 saturated carbocycles. The van der Waals surface area contributed by atoms with Gasteiger partial charge in [-0.1, -0.05) is 0 Å². The van der Waals surface area contributed by atoms with Crippen molar-refractivity contribution < 1.29 is 5.11 Å². The van der Waals surface area contributed by atoms with Crippen LogP contribution < -0.4 is 0 Å². The van der Waals surface area contributed by atoms with Crippen LogP contribution in [-0.2, 0) is 7.05 Å². The lowest BCUT2D eigenvalue weighted by Gasteiger charge is -1.89. The molecule has 0 amide bonds. The Balaban J connectivity index is 2.08. The molecule has 1 aliphatic rings. The Labute approximate surface area is 65.7 Å². The largest absolute Gasteiger partial charge is 0.396 e.